The van der Waals surface area contributed by atoms with Gasteiger partial charge in [-0.1, -0.05) is 30.3 Å². The molecule has 1 aromatic carbocycles. The molecule has 2 aromatic rings. The molecule has 1 N–H and O–H groups in total. The molecule has 0 spiro atoms. The van der Waals surface area contributed by atoms with Crippen LogP contribution in [0.5, 0.6) is 0 Å². The molecule has 0 radical (unpaired) electrons. The van der Waals surface area contributed by atoms with Gasteiger partial charge in [0.15, 0.2) is 0 Å². The third-order valence-electron chi connectivity index (χ3n) is 4.31. The largest absolute Gasteiger partial charge is 0.388 e. The summed E-state index contributed by atoms with van der Waals surface area (Å²) in [6.07, 6.45) is 2.61. The van der Waals surface area contributed by atoms with E-state index < -0.39 is 6.10 Å². The minimum atomic E-state index is -0.499. The van der Waals surface area contributed by atoms with Crippen molar-refractivity contribution < 1.29 is 9.90 Å². The summed E-state index contributed by atoms with van der Waals surface area (Å²) in [5.74, 6) is 0.182. The number of aliphatic hydroxyl groups excluding tert-OH is 1. The van der Waals surface area contributed by atoms with Crippen molar-refractivity contribution in [1.82, 2.24) is 4.90 Å². The molecule has 116 valence electrons. The van der Waals surface area contributed by atoms with Gasteiger partial charge in [0.2, 0.25) is 5.91 Å². The van der Waals surface area contributed by atoms with E-state index in [1.54, 1.807) is 11.3 Å². The molecule has 3 nitrogen and oxygen atoms in total. The van der Waals surface area contributed by atoms with E-state index in [1.165, 1.54) is 0 Å². The van der Waals surface area contributed by atoms with Gasteiger partial charge in [-0.15, -0.1) is 0 Å². The van der Waals surface area contributed by atoms with Crippen LogP contribution in [0.1, 0.15) is 36.5 Å². The monoisotopic (exact) mass is 315 g/mol. The van der Waals surface area contributed by atoms with Gasteiger partial charge in [-0.25, -0.2) is 0 Å². The highest BCUT2D eigenvalue weighted by atomic mass is 32.1. The predicted octanol–water partition coefficient (Wildman–Crippen LogP) is 3.41. The molecular weight excluding hydrogens is 294 g/mol. The van der Waals surface area contributed by atoms with Gasteiger partial charge in [0.1, 0.15) is 0 Å². The predicted molar refractivity (Wildman–Crippen MR) is 88.8 cm³/mol. The maximum Gasteiger partial charge on any atom is 0.227 e. The second-order valence-corrected chi connectivity index (χ2v) is 6.63. The normalized spacial score (nSPS) is 19.3. The Morgan fingerprint density at radius 3 is 2.86 bits per heavy atom. The first-order chi connectivity index (χ1) is 10.7. The molecule has 1 aromatic heterocycles. The molecule has 0 unspecified atom stereocenters. The number of hydrogen-bond acceptors (Lipinski definition) is 3. The second kappa shape index (κ2) is 7.07. The summed E-state index contributed by atoms with van der Waals surface area (Å²) < 4.78 is 0. The zero-order chi connectivity index (χ0) is 15.4. The van der Waals surface area contributed by atoms with Crippen LogP contribution in [-0.2, 0) is 11.2 Å². The van der Waals surface area contributed by atoms with Crippen LogP contribution >= 0.6 is 11.3 Å². The fourth-order valence-corrected chi connectivity index (χ4v) is 3.82. The lowest BCUT2D eigenvalue weighted by Crippen LogP contribution is -2.37. The van der Waals surface area contributed by atoms with Crippen LogP contribution in [0.25, 0.3) is 0 Å². The molecule has 1 aliphatic rings. The number of amides is 1. The maximum atomic E-state index is 12.5. The van der Waals surface area contributed by atoms with Gasteiger partial charge in [0, 0.05) is 12.6 Å². The zero-order valence-corrected chi connectivity index (χ0v) is 13.3. The molecule has 1 saturated heterocycles. The van der Waals surface area contributed by atoms with Crippen LogP contribution in [0.3, 0.4) is 0 Å². The van der Waals surface area contributed by atoms with Crippen LogP contribution in [0.2, 0.25) is 0 Å². The lowest BCUT2D eigenvalue weighted by atomic mass is 10.0. The fourth-order valence-electron chi connectivity index (χ4n) is 3.15. The summed E-state index contributed by atoms with van der Waals surface area (Å²) in [4.78, 5) is 14.5. The summed E-state index contributed by atoms with van der Waals surface area (Å²) in [6, 6.07) is 11.9. The minimum absolute atomic E-state index is 0.154. The number of aliphatic hydroxyl groups is 1. The Morgan fingerprint density at radius 2 is 2.14 bits per heavy atom. The number of hydrogen-bond donors (Lipinski definition) is 1. The van der Waals surface area contributed by atoms with E-state index in [2.05, 4.69) is 0 Å². The van der Waals surface area contributed by atoms with Gasteiger partial charge in [-0.2, -0.15) is 11.3 Å². The highest BCUT2D eigenvalue weighted by Gasteiger charge is 2.30. The summed E-state index contributed by atoms with van der Waals surface area (Å²) in [5, 5.41) is 14.4. The lowest BCUT2D eigenvalue weighted by molar-refractivity contribution is -0.131. The molecule has 1 fully saturated rings. The SMILES string of the molecule is O=C(Cc1ccsc1)N1CCC[C@@H]1C[C@H](O)c1ccccc1. The Bertz CT molecular complexity index is 597. The molecule has 1 aliphatic heterocycles. The van der Waals surface area contributed by atoms with Crippen molar-refractivity contribution in [3.63, 3.8) is 0 Å². The molecule has 22 heavy (non-hydrogen) atoms. The first-order valence-electron chi connectivity index (χ1n) is 7.77. The molecule has 3 rings (SSSR count). The number of carbonyl (C=O) groups excluding carboxylic acids is 1. The van der Waals surface area contributed by atoms with E-state index in [0.29, 0.717) is 12.8 Å². The first kappa shape index (κ1) is 15.3. The van der Waals surface area contributed by atoms with Crippen LogP contribution in [0.4, 0.5) is 0 Å². The Balaban J connectivity index is 1.62. The highest BCUT2D eigenvalue weighted by molar-refractivity contribution is 7.07. The van der Waals surface area contributed by atoms with E-state index in [0.717, 1.165) is 30.5 Å². The van der Waals surface area contributed by atoms with Crippen LogP contribution in [-0.4, -0.2) is 28.5 Å². The Hall–Kier alpha value is -1.65. The van der Waals surface area contributed by atoms with Crippen LogP contribution < -0.4 is 0 Å². The molecule has 1 amide bonds. The van der Waals surface area contributed by atoms with E-state index in [-0.39, 0.29) is 11.9 Å². The van der Waals surface area contributed by atoms with Crippen molar-refractivity contribution >= 4 is 17.2 Å². The zero-order valence-electron chi connectivity index (χ0n) is 12.5. The molecule has 0 aliphatic carbocycles. The molecule has 0 bridgehead atoms. The standard InChI is InChI=1S/C18H21NO2S/c20-17(15-5-2-1-3-6-15)12-16-7-4-9-19(16)18(21)11-14-8-10-22-13-14/h1-3,5-6,8,10,13,16-17,20H,4,7,9,11-12H2/t16-,17+/m1/s1. The smallest absolute Gasteiger partial charge is 0.227 e. The second-order valence-electron chi connectivity index (χ2n) is 5.85. The van der Waals surface area contributed by atoms with Crippen molar-refractivity contribution in [1.29, 1.82) is 0 Å². The van der Waals surface area contributed by atoms with Gasteiger partial charge in [-0.05, 0) is 47.2 Å². The van der Waals surface area contributed by atoms with Crippen molar-refractivity contribution in [2.24, 2.45) is 0 Å². The van der Waals surface area contributed by atoms with Crippen LogP contribution in [0.15, 0.2) is 47.2 Å². The average Bonchev–Trinajstić information content (AvgIpc) is 3.19. The fraction of sp³-hybridized carbons (Fsp3) is 0.389. The summed E-state index contributed by atoms with van der Waals surface area (Å²) >= 11 is 1.62. The number of carbonyl (C=O) groups is 1. The van der Waals surface area contributed by atoms with Gasteiger partial charge < -0.3 is 10.0 Å². The molecule has 2 heterocycles. The Kier molecular flexibility index (Phi) is 4.90. The quantitative estimate of drug-likeness (QED) is 0.918. The van der Waals surface area contributed by atoms with Crippen molar-refractivity contribution in [2.75, 3.05) is 6.54 Å². The van der Waals surface area contributed by atoms with E-state index >= 15 is 0 Å². The van der Waals surface area contributed by atoms with Crippen molar-refractivity contribution in [2.45, 2.75) is 37.8 Å². The van der Waals surface area contributed by atoms with Gasteiger partial charge in [-0.3, -0.25) is 4.79 Å². The maximum absolute atomic E-state index is 12.5. The van der Waals surface area contributed by atoms with Gasteiger partial charge in [0.25, 0.3) is 0 Å². The van der Waals surface area contributed by atoms with E-state index in [9.17, 15) is 9.90 Å². The number of nitrogens with zero attached hydrogens (tertiary/aromatic N) is 1. The molecule has 4 heteroatoms. The number of benzene rings is 1. The minimum Gasteiger partial charge on any atom is -0.388 e. The van der Waals surface area contributed by atoms with Gasteiger partial charge in [0.05, 0.1) is 12.5 Å². The van der Waals surface area contributed by atoms with Crippen LogP contribution in [0, 0.1) is 0 Å². The summed E-state index contributed by atoms with van der Waals surface area (Å²) in [6.45, 7) is 0.815. The van der Waals surface area contributed by atoms with Crippen molar-refractivity contribution in [3.05, 3.63) is 58.3 Å². The Labute approximate surface area is 135 Å². The third kappa shape index (κ3) is 3.57. The lowest BCUT2D eigenvalue weighted by Gasteiger charge is -2.26. The topological polar surface area (TPSA) is 40.5 Å². The van der Waals surface area contributed by atoms with Gasteiger partial charge >= 0.3 is 0 Å². The van der Waals surface area contributed by atoms with Crippen molar-refractivity contribution in [3.8, 4) is 0 Å². The number of rotatable bonds is 5. The number of likely N-dealkylation sites (tertiary alicyclic amines) is 1. The summed E-state index contributed by atoms with van der Waals surface area (Å²) in [7, 11) is 0. The average molecular weight is 315 g/mol. The number of thiophene rings is 1. The molecule has 2 atom stereocenters. The Morgan fingerprint density at radius 1 is 1.32 bits per heavy atom. The van der Waals surface area contributed by atoms with E-state index in [1.807, 2.05) is 52.1 Å². The third-order valence-corrected chi connectivity index (χ3v) is 5.04. The van der Waals surface area contributed by atoms with E-state index in [4.69, 9.17) is 0 Å². The highest BCUT2D eigenvalue weighted by Crippen LogP contribution is 2.28. The molecular formula is C18H21NO2S. The molecule has 0 saturated carbocycles. The summed E-state index contributed by atoms with van der Waals surface area (Å²) in [5.41, 5.74) is 2.02. The first-order valence-corrected chi connectivity index (χ1v) is 8.72.